The highest BCUT2D eigenvalue weighted by Crippen LogP contribution is 2.40. The van der Waals surface area contributed by atoms with E-state index in [4.69, 9.17) is 0 Å². The van der Waals surface area contributed by atoms with Crippen LogP contribution in [-0.2, 0) is 0 Å². The first kappa shape index (κ1) is 9.30. The molecule has 1 aromatic heterocycles. The molecular weight excluding hydrogens is 210 g/mol. The van der Waals surface area contributed by atoms with Gasteiger partial charge in [-0.3, -0.25) is 4.79 Å². The van der Waals surface area contributed by atoms with Gasteiger partial charge in [0.1, 0.15) is 0 Å². The molecule has 0 spiro atoms. The Balaban J connectivity index is 1.68. The average molecular weight is 221 g/mol. The second kappa shape index (κ2) is 3.57. The fourth-order valence-corrected chi connectivity index (χ4v) is 3.35. The van der Waals surface area contributed by atoms with Crippen LogP contribution in [0.15, 0.2) is 17.6 Å². The summed E-state index contributed by atoms with van der Waals surface area (Å²) in [6.45, 7) is 0. The van der Waals surface area contributed by atoms with Gasteiger partial charge in [0.15, 0.2) is 11.4 Å². The van der Waals surface area contributed by atoms with Crippen LogP contribution in [0.4, 0.5) is 0 Å². The van der Waals surface area contributed by atoms with E-state index >= 15 is 0 Å². The molecule has 1 saturated carbocycles. The molecule has 2 saturated heterocycles. The predicted octanol–water partition coefficient (Wildman–Crippen LogP) is 0.884. The fourth-order valence-electron chi connectivity index (χ4n) is 2.17. The maximum atomic E-state index is 10.4. The minimum absolute atomic E-state index is 0.535. The molecule has 3 heterocycles. The van der Waals surface area contributed by atoms with Gasteiger partial charge in [0.05, 0.1) is 5.56 Å². The van der Waals surface area contributed by atoms with Crippen molar-refractivity contribution in [3.63, 3.8) is 0 Å². The Kier molecular flexibility index (Phi) is 2.21. The van der Waals surface area contributed by atoms with Gasteiger partial charge in [-0.2, -0.15) is 0 Å². The quantitative estimate of drug-likeness (QED) is 0.606. The molecule has 3 unspecified atom stereocenters. The Hall–Kier alpha value is -0.940. The normalized spacial score (nSPS) is 32.4. The van der Waals surface area contributed by atoms with Crippen LogP contribution in [0.25, 0.3) is 0 Å². The van der Waals surface area contributed by atoms with Crippen molar-refractivity contribution >= 4 is 18.0 Å². The molecular formula is C10H11N3OS. The van der Waals surface area contributed by atoms with E-state index in [9.17, 15) is 4.79 Å². The number of aromatic nitrogens is 2. The molecule has 0 radical (unpaired) electrons. The Bertz CT molecular complexity index is 375. The molecule has 5 heteroatoms. The maximum Gasteiger partial charge on any atom is 0.187 e. The van der Waals surface area contributed by atoms with Crippen molar-refractivity contribution in [2.24, 2.45) is 0 Å². The first-order chi connectivity index (χ1) is 7.35. The summed E-state index contributed by atoms with van der Waals surface area (Å²) in [4.78, 5) is 18.7. The summed E-state index contributed by atoms with van der Waals surface area (Å²) in [5.41, 5.74) is 0.535. The molecule has 2 aliphatic heterocycles. The average Bonchev–Trinajstić information content (AvgIpc) is 2.77. The Morgan fingerprint density at radius 1 is 1.40 bits per heavy atom. The monoisotopic (exact) mass is 221 g/mol. The standard InChI is InChI=1S/C10H11N3OS/c14-5-6-3-11-10(12-4-6)15-9-2-7-1-8(9)13-7/h3-5,7-9,13H,1-2H2. The zero-order chi connectivity index (χ0) is 10.3. The highest BCUT2D eigenvalue weighted by molar-refractivity contribution is 7.99. The van der Waals surface area contributed by atoms with Gasteiger partial charge >= 0.3 is 0 Å². The fraction of sp³-hybridized carbons (Fsp3) is 0.500. The lowest BCUT2D eigenvalue weighted by Crippen LogP contribution is -2.45. The van der Waals surface area contributed by atoms with Gasteiger partial charge in [-0.1, -0.05) is 11.8 Å². The van der Waals surface area contributed by atoms with Gasteiger partial charge in [0.2, 0.25) is 0 Å². The molecule has 78 valence electrons. The van der Waals surface area contributed by atoms with E-state index in [-0.39, 0.29) is 0 Å². The van der Waals surface area contributed by atoms with E-state index in [0.717, 1.165) is 17.5 Å². The van der Waals surface area contributed by atoms with E-state index in [1.807, 2.05) is 0 Å². The molecule has 3 fully saturated rings. The van der Waals surface area contributed by atoms with Crippen molar-refractivity contribution in [1.82, 2.24) is 15.3 Å². The minimum atomic E-state index is 0.535. The summed E-state index contributed by atoms with van der Waals surface area (Å²) in [6.07, 6.45) is 6.44. The van der Waals surface area contributed by atoms with Crippen LogP contribution >= 0.6 is 11.8 Å². The number of fused-ring (bicyclic) bond motifs is 1. The summed E-state index contributed by atoms with van der Waals surface area (Å²) < 4.78 is 0. The summed E-state index contributed by atoms with van der Waals surface area (Å²) in [5.74, 6) is 0. The molecule has 3 atom stereocenters. The van der Waals surface area contributed by atoms with Crippen LogP contribution in [0.1, 0.15) is 23.2 Å². The number of thioether (sulfide) groups is 1. The van der Waals surface area contributed by atoms with Gasteiger partial charge in [0, 0.05) is 29.7 Å². The van der Waals surface area contributed by atoms with Gasteiger partial charge < -0.3 is 5.32 Å². The first-order valence-corrected chi connectivity index (χ1v) is 5.93. The van der Waals surface area contributed by atoms with Crippen molar-refractivity contribution in [3.8, 4) is 0 Å². The van der Waals surface area contributed by atoms with Crippen molar-refractivity contribution < 1.29 is 4.79 Å². The topological polar surface area (TPSA) is 54.9 Å². The first-order valence-electron chi connectivity index (χ1n) is 5.05. The van der Waals surface area contributed by atoms with Gasteiger partial charge in [-0.15, -0.1) is 0 Å². The lowest BCUT2D eigenvalue weighted by atomic mass is 10.1. The molecule has 1 aliphatic carbocycles. The minimum Gasteiger partial charge on any atom is -0.310 e. The van der Waals surface area contributed by atoms with Gasteiger partial charge in [0.25, 0.3) is 0 Å². The zero-order valence-corrected chi connectivity index (χ0v) is 8.91. The van der Waals surface area contributed by atoms with Crippen molar-refractivity contribution in [3.05, 3.63) is 18.0 Å². The lowest BCUT2D eigenvalue weighted by Gasteiger charge is -2.26. The summed E-state index contributed by atoms with van der Waals surface area (Å²) >= 11 is 1.72. The van der Waals surface area contributed by atoms with Crippen molar-refractivity contribution in [2.75, 3.05) is 0 Å². The van der Waals surface area contributed by atoms with Crippen molar-refractivity contribution in [2.45, 2.75) is 35.3 Å². The van der Waals surface area contributed by atoms with Crippen molar-refractivity contribution in [1.29, 1.82) is 0 Å². The largest absolute Gasteiger partial charge is 0.310 e. The number of aldehydes is 1. The number of hydrogen-bond acceptors (Lipinski definition) is 5. The third-order valence-electron chi connectivity index (χ3n) is 2.99. The number of rotatable bonds is 3. The van der Waals surface area contributed by atoms with Crippen LogP contribution in [0, 0.1) is 0 Å². The molecule has 4 nitrogen and oxygen atoms in total. The highest BCUT2D eigenvalue weighted by Gasteiger charge is 2.44. The number of carbonyl (C=O) groups excluding carboxylic acids is 1. The predicted molar refractivity (Wildman–Crippen MR) is 57.0 cm³/mol. The van der Waals surface area contributed by atoms with Crippen LogP contribution in [0.5, 0.6) is 0 Å². The summed E-state index contributed by atoms with van der Waals surface area (Å²) in [5, 5.41) is 4.86. The highest BCUT2D eigenvalue weighted by atomic mass is 32.2. The van der Waals surface area contributed by atoms with Crippen LogP contribution in [0.2, 0.25) is 0 Å². The molecule has 1 aromatic rings. The number of nitrogens with zero attached hydrogens (tertiary/aromatic N) is 2. The lowest BCUT2D eigenvalue weighted by molar-refractivity contribution is 0.112. The third-order valence-corrected chi connectivity index (χ3v) is 4.24. The number of hydrogen-bond donors (Lipinski definition) is 1. The Labute approximate surface area is 91.9 Å². The maximum absolute atomic E-state index is 10.4. The molecule has 2 bridgehead atoms. The molecule has 0 amide bonds. The van der Waals surface area contributed by atoms with Crippen LogP contribution in [0.3, 0.4) is 0 Å². The number of carbonyl (C=O) groups is 1. The van der Waals surface area contributed by atoms with E-state index in [1.54, 1.807) is 24.2 Å². The van der Waals surface area contributed by atoms with E-state index < -0.39 is 0 Å². The molecule has 15 heavy (non-hydrogen) atoms. The summed E-state index contributed by atoms with van der Waals surface area (Å²) in [6, 6.07) is 1.37. The molecule has 3 aliphatic rings. The second-order valence-electron chi connectivity index (χ2n) is 4.01. The third kappa shape index (κ3) is 1.66. The summed E-state index contributed by atoms with van der Waals surface area (Å²) in [7, 11) is 0. The Morgan fingerprint density at radius 3 is 2.67 bits per heavy atom. The van der Waals surface area contributed by atoms with Crippen LogP contribution in [-0.4, -0.2) is 33.6 Å². The smallest absolute Gasteiger partial charge is 0.187 e. The van der Waals surface area contributed by atoms with Gasteiger partial charge in [-0.05, 0) is 12.8 Å². The SMILES string of the molecule is O=Cc1cnc(SC2CC3CC2N3)nc1. The Morgan fingerprint density at radius 2 is 2.13 bits per heavy atom. The van der Waals surface area contributed by atoms with E-state index in [1.165, 1.54) is 12.8 Å². The number of nitrogens with one attached hydrogen (secondary N) is 1. The molecule has 1 N–H and O–H groups in total. The second-order valence-corrected chi connectivity index (χ2v) is 5.22. The van der Waals surface area contributed by atoms with Crippen LogP contribution < -0.4 is 5.32 Å². The molecule has 4 rings (SSSR count). The molecule has 0 aromatic carbocycles. The zero-order valence-electron chi connectivity index (χ0n) is 8.09. The van der Waals surface area contributed by atoms with E-state index in [2.05, 4.69) is 15.3 Å². The van der Waals surface area contributed by atoms with Gasteiger partial charge in [-0.25, -0.2) is 9.97 Å². The van der Waals surface area contributed by atoms with E-state index in [0.29, 0.717) is 16.9 Å².